The SMILES string of the molecule is COCC(O)CN(C)C(=O)NCCCCC(=O)O. The van der Waals surface area contributed by atoms with E-state index in [1.165, 1.54) is 12.0 Å². The summed E-state index contributed by atoms with van der Waals surface area (Å²) in [6, 6.07) is -0.291. The molecule has 0 bridgehead atoms. The van der Waals surface area contributed by atoms with E-state index in [-0.39, 0.29) is 25.6 Å². The van der Waals surface area contributed by atoms with E-state index < -0.39 is 12.1 Å². The van der Waals surface area contributed by atoms with Crippen molar-refractivity contribution >= 4 is 12.0 Å². The first-order valence-electron chi connectivity index (χ1n) is 5.85. The van der Waals surface area contributed by atoms with E-state index in [0.717, 1.165) is 0 Å². The van der Waals surface area contributed by atoms with E-state index in [2.05, 4.69) is 5.32 Å². The molecule has 0 aromatic heterocycles. The normalized spacial score (nSPS) is 11.9. The lowest BCUT2D eigenvalue weighted by molar-refractivity contribution is -0.137. The van der Waals surface area contributed by atoms with E-state index in [4.69, 9.17) is 9.84 Å². The minimum absolute atomic E-state index is 0.109. The van der Waals surface area contributed by atoms with Crippen molar-refractivity contribution in [2.24, 2.45) is 0 Å². The van der Waals surface area contributed by atoms with Crippen molar-refractivity contribution in [1.82, 2.24) is 10.2 Å². The lowest BCUT2D eigenvalue weighted by Crippen LogP contribution is -2.42. The number of aliphatic hydroxyl groups is 1. The number of ether oxygens (including phenoxy) is 1. The molecule has 0 aliphatic carbocycles. The molecule has 1 unspecified atom stereocenters. The van der Waals surface area contributed by atoms with Crippen molar-refractivity contribution in [1.29, 1.82) is 0 Å². The third-order valence-electron chi connectivity index (χ3n) is 2.28. The van der Waals surface area contributed by atoms with Crippen molar-refractivity contribution < 1.29 is 24.5 Å². The van der Waals surface area contributed by atoms with Crippen molar-refractivity contribution in [3.8, 4) is 0 Å². The Morgan fingerprint density at radius 1 is 1.39 bits per heavy atom. The Morgan fingerprint density at radius 2 is 2.06 bits per heavy atom. The van der Waals surface area contributed by atoms with Gasteiger partial charge in [-0.3, -0.25) is 4.79 Å². The largest absolute Gasteiger partial charge is 0.481 e. The highest BCUT2D eigenvalue weighted by Gasteiger charge is 2.12. The number of carbonyl (C=O) groups excluding carboxylic acids is 1. The number of unbranched alkanes of at least 4 members (excludes halogenated alkanes) is 1. The molecule has 0 aliphatic rings. The van der Waals surface area contributed by atoms with Crippen molar-refractivity contribution in [3.63, 3.8) is 0 Å². The van der Waals surface area contributed by atoms with Gasteiger partial charge in [0.05, 0.1) is 19.3 Å². The first-order chi connectivity index (χ1) is 8.47. The molecule has 0 radical (unpaired) electrons. The number of carboxylic acids is 1. The number of methoxy groups -OCH3 is 1. The molecule has 0 aromatic carbocycles. The molecule has 0 aromatic rings. The molecule has 2 amide bonds. The van der Waals surface area contributed by atoms with Gasteiger partial charge < -0.3 is 25.2 Å². The second-order valence-corrected chi connectivity index (χ2v) is 4.07. The van der Waals surface area contributed by atoms with Crippen molar-refractivity contribution in [3.05, 3.63) is 0 Å². The average molecular weight is 262 g/mol. The predicted octanol–water partition coefficient (Wildman–Crippen LogP) is -0.110. The topological polar surface area (TPSA) is 99.1 Å². The molecule has 0 saturated heterocycles. The summed E-state index contributed by atoms with van der Waals surface area (Å²) in [6.45, 7) is 0.794. The highest BCUT2D eigenvalue weighted by molar-refractivity contribution is 5.73. The summed E-state index contributed by atoms with van der Waals surface area (Å²) in [4.78, 5) is 23.1. The van der Waals surface area contributed by atoms with E-state index in [9.17, 15) is 14.7 Å². The monoisotopic (exact) mass is 262 g/mol. The third kappa shape index (κ3) is 8.77. The molecular weight excluding hydrogens is 240 g/mol. The van der Waals surface area contributed by atoms with Crippen LogP contribution in [0.3, 0.4) is 0 Å². The smallest absolute Gasteiger partial charge is 0.317 e. The van der Waals surface area contributed by atoms with Crippen molar-refractivity contribution in [2.75, 3.05) is 33.9 Å². The van der Waals surface area contributed by atoms with Crippen molar-refractivity contribution in [2.45, 2.75) is 25.4 Å². The van der Waals surface area contributed by atoms with Gasteiger partial charge in [0.15, 0.2) is 0 Å². The molecule has 7 nitrogen and oxygen atoms in total. The van der Waals surface area contributed by atoms with Crippen LogP contribution < -0.4 is 5.32 Å². The molecule has 0 aliphatic heterocycles. The van der Waals surface area contributed by atoms with E-state index in [1.807, 2.05) is 0 Å². The van der Waals surface area contributed by atoms with E-state index in [0.29, 0.717) is 19.4 Å². The molecule has 3 N–H and O–H groups in total. The Hall–Kier alpha value is -1.34. The second kappa shape index (κ2) is 9.67. The second-order valence-electron chi connectivity index (χ2n) is 4.07. The van der Waals surface area contributed by atoms with Crippen LogP contribution in [0.15, 0.2) is 0 Å². The molecule has 18 heavy (non-hydrogen) atoms. The number of nitrogens with one attached hydrogen (secondary N) is 1. The summed E-state index contributed by atoms with van der Waals surface area (Å²) in [7, 11) is 3.05. The average Bonchev–Trinajstić information content (AvgIpc) is 2.28. The van der Waals surface area contributed by atoms with Crippen LogP contribution in [0.25, 0.3) is 0 Å². The molecular formula is C11H22N2O5. The summed E-state index contributed by atoms with van der Waals surface area (Å²) < 4.78 is 4.76. The molecule has 0 saturated carbocycles. The standard InChI is InChI=1S/C11H22N2O5/c1-13(7-9(14)8-18-2)11(17)12-6-4-3-5-10(15)16/h9,14H,3-8H2,1-2H3,(H,12,17)(H,15,16). The van der Waals surface area contributed by atoms with Gasteiger partial charge in [0.25, 0.3) is 0 Å². The van der Waals surface area contributed by atoms with Crippen LogP contribution in [-0.4, -0.2) is 67.1 Å². The molecule has 0 spiro atoms. The fourth-order valence-corrected chi connectivity index (χ4v) is 1.38. The Kier molecular flexibility index (Phi) is 8.95. The summed E-state index contributed by atoms with van der Waals surface area (Å²) in [5.41, 5.74) is 0. The van der Waals surface area contributed by atoms with Gasteiger partial charge in [0, 0.05) is 27.1 Å². The van der Waals surface area contributed by atoms with Gasteiger partial charge in [-0.15, -0.1) is 0 Å². The summed E-state index contributed by atoms with van der Waals surface area (Å²) in [5.74, 6) is -0.832. The number of aliphatic carboxylic acids is 1. The van der Waals surface area contributed by atoms with Gasteiger partial charge in [0.2, 0.25) is 0 Å². The first-order valence-corrected chi connectivity index (χ1v) is 5.85. The Labute approximate surface area is 107 Å². The number of aliphatic hydroxyl groups excluding tert-OH is 1. The van der Waals surface area contributed by atoms with Crippen LogP contribution in [0.4, 0.5) is 4.79 Å². The van der Waals surface area contributed by atoms with Gasteiger partial charge in [-0.25, -0.2) is 4.79 Å². The maximum absolute atomic E-state index is 11.5. The molecule has 0 heterocycles. The summed E-state index contributed by atoms with van der Waals surface area (Å²) in [6.07, 6.45) is 0.550. The van der Waals surface area contributed by atoms with Gasteiger partial charge in [0.1, 0.15) is 0 Å². The highest BCUT2D eigenvalue weighted by Crippen LogP contribution is 1.95. The van der Waals surface area contributed by atoms with E-state index >= 15 is 0 Å². The number of likely N-dealkylation sites (N-methyl/N-ethyl adjacent to an activating group) is 1. The lowest BCUT2D eigenvalue weighted by atomic mass is 10.2. The Bertz CT molecular complexity index is 260. The number of hydrogen-bond donors (Lipinski definition) is 3. The fourth-order valence-electron chi connectivity index (χ4n) is 1.38. The minimum Gasteiger partial charge on any atom is -0.481 e. The van der Waals surface area contributed by atoms with E-state index in [1.54, 1.807) is 7.05 Å². The van der Waals surface area contributed by atoms with Crippen LogP contribution in [0.2, 0.25) is 0 Å². The molecule has 0 rings (SSSR count). The maximum Gasteiger partial charge on any atom is 0.317 e. The molecule has 1 atom stereocenters. The number of rotatable bonds is 9. The van der Waals surface area contributed by atoms with Crippen LogP contribution in [0.5, 0.6) is 0 Å². The number of urea groups is 1. The van der Waals surface area contributed by atoms with Crippen LogP contribution in [-0.2, 0) is 9.53 Å². The molecule has 0 fully saturated rings. The Balaban J connectivity index is 3.64. The lowest BCUT2D eigenvalue weighted by Gasteiger charge is -2.20. The number of hydrogen-bond acceptors (Lipinski definition) is 4. The zero-order valence-corrected chi connectivity index (χ0v) is 10.9. The van der Waals surface area contributed by atoms with Gasteiger partial charge in [-0.1, -0.05) is 0 Å². The predicted molar refractivity (Wildman–Crippen MR) is 65.4 cm³/mol. The van der Waals surface area contributed by atoms with Gasteiger partial charge in [-0.05, 0) is 12.8 Å². The third-order valence-corrected chi connectivity index (χ3v) is 2.28. The molecule has 106 valence electrons. The van der Waals surface area contributed by atoms with Gasteiger partial charge >= 0.3 is 12.0 Å². The van der Waals surface area contributed by atoms with Crippen LogP contribution >= 0.6 is 0 Å². The summed E-state index contributed by atoms with van der Waals surface area (Å²) >= 11 is 0. The van der Waals surface area contributed by atoms with Crippen LogP contribution in [0.1, 0.15) is 19.3 Å². The Morgan fingerprint density at radius 3 is 2.61 bits per heavy atom. The summed E-state index contributed by atoms with van der Waals surface area (Å²) in [5, 5.41) is 20.5. The number of carboxylic acid groups (broad SMARTS) is 1. The first kappa shape index (κ1) is 16.7. The zero-order chi connectivity index (χ0) is 14.0. The highest BCUT2D eigenvalue weighted by atomic mass is 16.5. The quantitative estimate of drug-likeness (QED) is 0.503. The number of nitrogens with zero attached hydrogens (tertiary/aromatic N) is 1. The number of amides is 2. The zero-order valence-electron chi connectivity index (χ0n) is 10.9. The molecule has 7 heteroatoms. The number of carbonyl (C=O) groups is 2. The fraction of sp³-hybridized carbons (Fsp3) is 0.818. The maximum atomic E-state index is 11.5. The minimum atomic E-state index is -0.832. The van der Waals surface area contributed by atoms with Crippen LogP contribution in [0, 0.1) is 0 Å². The van der Waals surface area contributed by atoms with Gasteiger partial charge in [-0.2, -0.15) is 0 Å².